The van der Waals surface area contributed by atoms with Crippen LogP contribution in [0.1, 0.15) is 10.4 Å². The minimum absolute atomic E-state index is 0.191. The standard InChI is InChI=1S/C8H5Cl2NO/c9-5-2-1-3-6(10)8(5)7(12)4-11/h1-4,11H. The van der Waals surface area contributed by atoms with Gasteiger partial charge in [-0.2, -0.15) is 0 Å². The molecule has 0 atom stereocenters. The summed E-state index contributed by atoms with van der Waals surface area (Å²) in [5.41, 5.74) is 0.191. The Hall–Kier alpha value is -0.860. The van der Waals surface area contributed by atoms with Gasteiger partial charge in [-0.25, -0.2) is 0 Å². The molecule has 1 aromatic rings. The van der Waals surface area contributed by atoms with E-state index in [2.05, 4.69) is 0 Å². The summed E-state index contributed by atoms with van der Waals surface area (Å²) < 4.78 is 0. The van der Waals surface area contributed by atoms with E-state index in [1.807, 2.05) is 0 Å². The minimum atomic E-state index is -0.481. The highest BCUT2D eigenvalue weighted by atomic mass is 35.5. The van der Waals surface area contributed by atoms with E-state index in [4.69, 9.17) is 28.6 Å². The Kier molecular flexibility index (Phi) is 2.84. The van der Waals surface area contributed by atoms with E-state index in [1.54, 1.807) is 18.2 Å². The van der Waals surface area contributed by atoms with Gasteiger partial charge in [-0.15, -0.1) is 0 Å². The van der Waals surface area contributed by atoms with Crippen LogP contribution in [0.2, 0.25) is 10.0 Å². The predicted octanol–water partition coefficient (Wildman–Crippen LogP) is 2.83. The lowest BCUT2D eigenvalue weighted by atomic mass is 10.1. The summed E-state index contributed by atoms with van der Waals surface area (Å²) in [5.74, 6) is -0.481. The molecule has 0 unspecified atom stereocenters. The smallest absolute Gasteiger partial charge is 0.206 e. The lowest BCUT2D eigenvalue weighted by Gasteiger charge is -2.00. The van der Waals surface area contributed by atoms with Crippen molar-refractivity contribution in [2.45, 2.75) is 0 Å². The fourth-order valence-electron chi connectivity index (χ4n) is 0.805. The van der Waals surface area contributed by atoms with Gasteiger partial charge in [-0.3, -0.25) is 4.79 Å². The van der Waals surface area contributed by atoms with Gasteiger partial charge in [0, 0.05) is 0 Å². The molecule has 0 aliphatic rings. The first-order valence-corrected chi connectivity index (χ1v) is 3.91. The second kappa shape index (κ2) is 3.70. The highest BCUT2D eigenvalue weighted by Crippen LogP contribution is 2.23. The number of benzene rings is 1. The Labute approximate surface area is 79.6 Å². The molecule has 12 heavy (non-hydrogen) atoms. The SMILES string of the molecule is N=CC(=O)c1c(Cl)cccc1Cl. The Bertz CT molecular complexity index is 316. The molecule has 0 saturated carbocycles. The molecule has 0 saturated heterocycles. The lowest BCUT2D eigenvalue weighted by Crippen LogP contribution is -2.00. The molecule has 1 N–H and O–H groups in total. The van der Waals surface area contributed by atoms with Crippen LogP contribution >= 0.6 is 23.2 Å². The molecule has 0 radical (unpaired) electrons. The predicted molar refractivity (Wildman–Crippen MR) is 49.6 cm³/mol. The maximum absolute atomic E-state index is 11.0. The molecule has 0 aliphatic heterocycles. The average molecular weight is 202 g/mol. The minimum Gasteiger partial charge on any atom is -0.305 e. The van der Waals surface area contributed by atoms with Crippen molar-refractivity contribution in [2.24, 2.45) is 0 Å². The molecule has 0 fully saturated rings. The van der Waals surface area contributed by atoms with Crippen molar-refractivity contribution in [1.82, 2.24) is 0 Å². The van der Waals surface area contributed by atoms with Crippen molar-refractivity contribution in [2.75, 3.05) is 0 Å². The van der Waals surface area contributed by atoms with Crippen LogP contribution in [0.25, 0.3) is 0 Å². The van der Waals surface area contributed by atoms with Crippen LogP contribution in [0, 0.1) is 5.41 Å². The van der Waals surface area contributed by atoms with Crippen LogP contribution < -0.4 is 0 Å². The number of rotatable bonds is 2. The number of ketones is 1. The normalized spacial score (nSPS) is 9.50. The summed E-state index contributed by atoms with van der Waals surface area (Å²) in [7, 11) is 0. The summed E-state index contributed by atoms with van der Waals surface area (Å²) in [4.78, 5) is 11.0. The fraction of sp³-hybridized carbons (Fsp3) is 0. The molecule has 0 heterocycles. The molecule has 62 valence electrons. The second-order valence-corrected chi connectivity index (χ2v) is 2.92. The van der Waals surface area contributed by atoms with Gasteiger partial charge in [-0.05, 0) is 12.1 Å². The van der Waals surface area contributed by atoms with Crippen LogP contribution in [-0.2, 0) is 0 Å². The number of halogens is 2. The maximum atomic E-state index is 11.0. The van der Waals surface area contributed by atoms with Crippen molar-refractivity contribution >= 4 is 35.2 Å². The van der Waals surface area contributed by atoms with Crippen molar-refractivity contribution in [1.29, 1.82) is 5.41 Å². The first-order chi connectivity index (χ1) is 5.66. The van der Waals surface area contributed by atoms with E-state index in [0.29, 0.717) is 6.21 Å². The van der Waals surface area contributed by atoms with E-state index in [1.165, 1.54) is 0 Å². The van der Waals surface area contributed by atoms with E-state index in [0.717, 1.165) is 0 Å². The fourth-order valence-corrected chi connectivity index (χ4v) is 1.39. The molecule has 0 aromatic heterocycles. The van der Waals surface area contributed by atoms with Gasteiger partial charge < -0.3 is 5.41 Å². The Morgan fingerprint density at radius 1 is 1.33 bits per heavy atom. The quantitative estimate of drug-likeness (QED) is 0.581. The molecule has 4 heteroatoms. The first kappa shape index (κ1) is 9.23. The van der Waals surface area contributed by atoms with Crippen LogP contribution in [0.5, 0.6) is 0 Å². The average Bonchev–Trinajstić information content (AvgIpc) is 2.03. The molecule has 0 spiro atoms. The maximum Gasteiger partial charge on any atom is 0.206 e. The van der Waals surface area contributed by atoms with Gasteiger partial charge in [-0.1, -0.05) is 29.3 Å². The Balaban J connectivity index is 3.30. The number of carbonyl (C=O) groups excluding carboxylic acids is 1. The van der Waals surface area contributed by atoms with Crippen molar-refractivity contribution in [3.05, 3.63) is 33.8 Å². The summed E-state index contributed by atoms with van der Waals surface area (Å²) in [5, 5.41) is 7.30. The van der Waals surface area contributed by atoms with Gasteiger partial charge in [0.05, 0.1) is 21.8 Å². The summed E-state index contributed by atoms with van der Waals surface area (Å²) in [6.07, 6.45) is 0.688. The van der Waals surface area contributed by atoms with E-state index in [-0.39, 0.29) is 15.6 Å². The number of hydrogen-bond acceptors (Lipinski definition) is 2. The summed E-state index contributed by atoms with van der Waals surface area (Å²) >= 11 is 11.4. The van der Waals surface area contributed by atoms with Gasteiger partial charge in [0.2, 0.25) is 5.78 Å². The topological polar surface area (TPSA) is 40.9 Å². The lowest BCUT2D eigenvalue weighted by molar-refractivity contribution is 0.107. The molecular formula is C8H5Cl2NO. The van der Waals surface area contributed by atoms with Crippen LogP contribution in [0.4, 0.5) is 0 Å². The molecule has 0 amide bonds. The molecule has 1 rings (SSSR count). The van der Waals surface area contributed by atoms with E-state index >= 15 is 0 Å². The first-order valence-electron chi connectivity index (χ1n) is 3.15. The van der Waals surface area contributed by atoms with E-state index in [9.17, 15) is 4.79 Å². The number of hydrogen-bond donors (Lipinski definition) is 1. The Morgan fingerprint density at radius 3 is 2.25 bits per heavy atom. The van der Waals surface area contributed by atoms with Crippen molar-refractivity contribution in [3.8, 4) is 0 Å². The van der Waals surface area contributed by atoms with Gasteiger partial charge in [0.1, 0.15) is 0 Å². The molecular weight excluding hydrogens is 197 g/mol. The van der Waals surface area contributed by atoms with Crippen molar-refractivity contribution in [3.63, 3.8) is 0 Å². The van der Waals surface area contributed by atoms with Gasteiger partial charge >= 0.3 is 0 Å². The van der Waals surface area contributed by atoms with Crippen LogP contribution in [0.15, 0.2) is 18.2 Å². The largest absolute Gasteiger partial charge is 0.305 e. The Morgan fingerprint density at radius 2 is 1.83 bits per heavy atom. The van der Waals surface area contributed by atoms with Crippen molar-refractivity contribution < 1.29 is 4.79 Å². The third kappa shape index (κ3) is 1.65. The molecule has 0 bridgehead atoms. The monoisotopic (exact) mass is 201 g/mol. The molecule has 1 aromatic carbocycles. The zero-order chi connectivity index (χ0) is 9.14. The van der Waals surface area contributed by atoms with Crippen LogP contribution in [0.3, 0.4) is 0 Å². The molecule has 0 aliphatic carbocycles. The summed E-state index contributed by atoms with van der Waals surface area (Å²) in [6, 6.07) is 4.76. The number of carbonyl (C=O) groups is 1. The van der Waals surface area contributed by atoms with Gasteiger partial charge in [0.25, 0.3) is 0 Å². The molecule has 2 nitrogen and oxygen atoms in total. The zero-order valence-electron chi connectivity index (χ0n) is 5.97. The van der Waals surface area contributed by atoms with E-state index < -0.39 is 5.78 Å². The zero-order valence-corrected chi connectivity index (χ0v) is 7.49. The third-order valence-corrected chi connectivity index (χ3v) is 1.97. The highest BCUT2D eigenvalue weighted by Gasteiger charge is 2.11. The number of Topliss-reactive ketones (excluding diaryl/α,β-unsaturated/α-hetero) is 1. The van der Waals surface area contributed by atoms with Crippen LogP contribution in [-0.4, -0.2) is 12.0 Å². The summed E-state index contributed by atoms with van der Waals surface area (Å²) in [6.45, 7) is 0. The van der Waals surface area contributed by atoms with Gasteiger partial charge in [0.15, 0.2) is 0 Å². The number of nitrogens with one attached hydrogen (secondary N) is 1. The second-order valence-electron chi connectivity index (χ2n) is 2.11. The third-order valence-electron chi connectivity index (χ3n) is 1.34. The highest BCUT2D eigenvalue weighted by molar-refractivity contribution is 6.46.